The van der Waals surface area contributed by atoms with Crippen LogP contribution in [0.15, 0.2) is 24.3 Å². The zero-order chi connectivity index (χ0) is 21.8. The number of aromatic hydroxyl groups is 4. The third kappa shape index (κ3) is 4.65. The Morgan fingerprint density at radius 1 is 0.536 bits per heavy atom. The second-order valence-corrected chi connectivity index (χ2v) is 4.69. The summed E-state index contributed by atoms with van der Waals surface area (Å²) < 4.78 is 0. The van der Waals surface area contributed by atoms with Crippen LogP contribution in [0.25, 0.3) is 0 Å². The monoisotopic (exact) mass is 400 g/mol. The van der Waals surface area contributed by atoms with Gasteiger partial charge < -0.3 is 20.4 Å². The molecule has 0 aliphatic rings. The van der Waals surface area contributed by atoms with Crippen molar-refractivity contribution in [2.24, 2.45) is 0 Å². The number of nitrogens with zero attached hydrogens (tertiary/aromatic N) is 4. The third-order valence-corrected chi connectivity index (χ3v) is 2.92. The van der Waals surface area contributed by atoms with Gasteiger partial charge >= 0.3 is 11.4 Å². The van der Waals surface area contributed by atoms with E-state index in [9.17, 15) is 40.5 Å². The van der Waals surface area contributed by atoms with Crippen LogP contribution in [-0.4, -0.2) is 40.1 Å². The Labute approximate surface area is 151 Å². The van der Waals surface area contributed by atoms with Gasteiger partial charge in [-0.15, -0.1) is 0 Å². The first kappa shape index (κ1) is 21.3. The minimum atomic E-state index is -1.03. The number of nitro benzene ring substituents is 4. The molecule has 0 atom stereocenters. The fraction of sp³-hybridized carbons (Fsp3) is 0. The molecule has 0 aliphatic carbocycles. The maximum Gasteiger partial charge on any atom is 0.321 e. The summed E-state index contributed by atoms with van der Waals surface area (Å²) in [6.07, 6.45) is 0. The minimum Gasteiger partial charge on any atom is -0.504 e. The van der Waals surface area contributed by atoms with Crippen LogP contribution in [-0.2, 0) is 0 Å². The second-order valence-electron chi connectivity index (χ2n) is 4.69. The molecule has 0 heterocycles. The fourth-order valence-electron chi connectivity index (χ4n) is 1.67. The molecule has 16 heteroatoms. The van der Waals surface area contributed by atoms with E-state index in [4.69, 9.17) is 20.4 Å². The van der Waals surface area contributed by atoms with Gasteiger partial charge in [0.25, 0.3) is 11.4 Å². The Balaban J connectivity index is 0.000000280. The molecule has 2 aromatic carbocycles. The highest BCUT2D eigenvalue weighted by molar-refractivity contribution is 5.61. The largest absolute Gasteiger partial charge is 0.504 e. The summed E-state index contributed by atoms with van der Waals surface area (Å²) in [5, 5.41) is 76.7. The normalized spacial score (nSPS) is 9.71. The lowest BCUT2D eigenvalue weighted by Crippen LogP contribution is -1.93. The lowest BCUT2D eigenvalue weighted by atomic mass is 10.2. The van der Waals surface area contributed by atoms with Crippen LogP contribution >= 0.6 is 0 Å². The summed E-state index contributed by atoms with van der Waals surface area (Å²) in [7, 11) is 0. The van der Waals surface area contributed by atoms with Crippen molar-refractivity contribution in [3.05, 3.63) is 64.7 Å². The summed E-state index contributed by atoms with van der Waals surface area (Å²) in [6.45, 7) is 0. The average molecular weight is 400 g/mol. The van der Waals surface area contributed by atoms with E-state index < -0.39 is 65.4 Å². The molecule has 28 heavy (non-hydrogen) atoms. The quantitative estimate of drug-likeness (QED) is 0.325. The van der Waals surface area contributed by atoms with Crippen LogP contribution < -0.4 is 0 Å². The van der Waals surface area contributed by atoms with Crippen molar-refractivity contribution in [1.29, 1.82) is 0 Å². The summed E-state index contributed by atoms with van der Waals surface area (Å²) in [6, 6.07) is 2.38. The zero-order valence-corrected chi connectivity index (χ0v) is 13.2. The van der Waals surface area contributed by atoms with Gasteiger partial charge in [0.05, 0.1) is 44.0 Å². The topological polar surface area (TPSA) is 253 Å². The Bertz CT molecular complexity index is 910. The number of phenolic OH excluding ortho intramolecular Hbond substituents is 4. The van der Waals surface area contributed by atoms with Gasteiger partial charge in [-0.2, -0.15) is 0 Å². The molecule has 0 fully saturated rings. The van der Waals surface area contributed by atoms with Crippen molar-refractivity contribution >= 4 is 22.7 Å². The number of non-ortho nitro benzene ring substituents is 2. The first-order chi connectivity index (χ1) is 12.9. The molecule has 2 aromatic rings. The molecule has 0 amide bonds. The van der Waals surface area contributed by atoms with Crippen LogP contribution in [0.2, 0.25) is 0 Å². The number of nitro groups is 4. The predicted molar refractivity (Wildman–Crippen MR) is 86.2 cm³/mol. The standard InChI is InChI=1S/2C6H4N2O6/c2*9-5-2-3(7(11)12)1-4(6(5)10)8(13)14/h2*1-2,9-10H. The van der Waals surface area contributed by atoms with E-state index in [0.717, 1.165) is 0 Å². The first-order valence-electron chi connectivity index (χ1n) is 6.56. The maximum atomic E-state index is 10.3. The molecule has 16 nitrogen and oxygen atoms in total. The lowest BCUT2D eigenvalue weighted by molar-refractivity contribution is -0.395. The van der Waals surface area contributed by atoms with Crippen LogP contribution in [0.1, 0.15) is 0 Å². The van der Waals surface area contributed by atoms with Crippen LogP contribution in [0.4, 0.5) is 22.7 Å². The summed E-state index contributed by atoms with van der Waals surface area (Å²) in [5.41, 5.74) is -3.13. The van der Waals surface area contributed by atoms with Gasteiger partial charge in [-0.3, -0.25) is 40.5 Å². The van der Waals surface area contributed by atoms with Gasteiger partial charge in [-0.1, -0.05) is 0 Å². The molecule has 0 spiro atoms. The van der Waals surface area contributed by atoms with E-state index in [1.807, 2.05) is 0 Å². The number of phenols is 4. The van der Waals surface area contributed by atoms with E-state index in [-0.39, 0.29) is 0 Å². The Morgan fingerprint density at radius 2 is 0.821 bits per heavy atom. The molecule has 0 saturated heterocycles. The Hall–Kier alpha value is -4.76. The fourth-order valence-corrected chi connectivity index (χ4v) is 1.67. The first-order valence-corrected chi connectivity index (χ1v) is 6.56. The molecule has 4 N–H and O–H groups in total. The molecule has 0 bridgehead atoms. The summed E-state index contributed by atoms with van der Waals surface area (Å²) in [5.74, 6) is -3.77. The predicted octanol–water partition coefficient (Wildman–Crippen LogP) is 1.83. The third-order valence-electron chi connectivity index (χ3n) is 2.92. The van der Waals surface area contributed by atoms with Crippen molar-refractivity contribution in [3.8, 4) is 23.0 Å². The van der Waals surface area contributed by atoms with Crippen LogP contribution in [0.5, 0.6) is 23.0 Å². The minimum absolute atomic E-state index is 0.565. The van der Waals surface area contributed by atoms with E-state index in [2.05, 4.69) is 0 Å². The van der Waals surface area contributed by atoms with Gasteiger partial charge in [0.15, 0.2) is 11.5 Å². The van der Waals surface area contributed by atoms with Crippen molar-refractivity contribution < 1.29 is 40.1 Å². The maximum absolute atomic E-state index is 10.3. The highest BCUT2D eigenvalue weighted by Gasteiger charge is 2.24. The number of hydrogen-bond acceptors (Lipinski definition) is 12. The number of rotatable bonds is 4. The van der Waals surface area contributed by atoms with E-state index in [1.54, 1.807) is 0 Å². The highest BCUT2D eigenvalue weighted by atomic mass is 16.6. The Morgan fingerprint density at radius 3 is 1.04 bits per heavy atom. The zero-order valence-electron chi connectivity index (χ0n) is 13.2. The van der Waals surface area contributed by atoms with Gasteiger partial charge in [0.1, 0.15) is 0 Å². The molecule has 0 aromatic heterocycles. The smallest absolute Gasteiger partial charge is 0.321 e. The molecule has 2 rings (SSSR count). The average Bonchev–Trinajstić information content (AvgIpc) is 2.59. The van der Waals surface area contributed by atoms with E-state index >= 15 is 0 Å². The van der Waals surface area contributed by atoms with E-state index in [1.165, 1.54) is 0 Å². The SMILES string of the molecule is O=[N+]([O-])c1cc(O)c(O)c([N+](=O)[O-])c1.O=[N+]([O-])c1cc(O)c(O)c([N+](=O)[O-])c1. The molecular formula is C12H8N4O12. The van der Waals surface area contributed by atoms with E-state index in [0.29, 0.717) is 24.3 Å². The van der Waals surface area contributed by atoms with Crippen molar-refractivity contribution in [3.63, 3.8) is 0 Å². The molecule has 0 unspecified atom stereocenters. The molecule has 0 saturated carbocycles. The van der Waals surface area contributed by atoms with Crippen molar-refractivity contribution in [1.82, 2.24) is 0 Å². The summed E-state index contributed by atoms with van der Waals surface area (Å²) in [4.78, 5) is 37.1. The lowest BCUT2D eigenvalue weighted by Gasteiger charge is -1.98. The summed E-state index contributed by atoms with van der Waals surface area (Å²) >= 11 is 0. The van der Waals surface area contributed by atoms with Gasteiger partial charge in [-0.05, 0) is 0 Å². The molecular weight excluding hydrogens is 392 g/mol. The van der Waals surface area contributed by atoms with Gasteiger partial charge in [0.2, 0.25) is 11.5 Å². The van der Waals surface area contributed by atoms with Gasteiger partial charge in [0, 0.05) is 0 Å². The number of benzene rings is 2. The highest BCUT2D eigenvalue weighted by Crippen LogP contribution is 2.39. The number of hydrogen-bond donors (Lipinski definition) is 4. The van der Waals surface area contributed by atoms with Crippen LogP contribution in [0.3, 0.4) is 0 Å². The van der Waals surface area contributed by atoms with Crippen LogP contribution in [0, 0.1) is 40.5 Å². The molecule has 0 radical (unpaired) electrons. The van der Waals surface area contributed by atoms with Gasteiger partial charge in [-0.25, -0.2) is 0 Å². The molecule has 0 aliphatic heterocycles. The van der Waals surface area contributed by atoms with Crippen molar-refractivity contribution in [2.45, 2.75) is 0 Å². The molecule has 148 valence electrons. The second kappa shape index (κ2) is 8.08. The Kier molecular flexibility index (Phi) is 6.14. The van der Waals surface area contributed by atoms with Crippen molar-refractivity contribution in [2.75, 3.05) is 0 Å².